The topological polar surface area (TPSA) is 26.3 Å². The largest absolute Gasteiger partial charge is 0.494 e. The van der Waals surface area contributed by atoms with E-state index in [1.807, 2.05) is 42.5 Å². The van der Waals surface area contributed by atoms with Crippen LogP contribution in [0.4, 0.5) is 0 Å². The normalized spacial score (nSPS) is 13.6. The third-order valence-corrected chi connectivity index (χ3v) is 2.65. The van der Waals surface area contributed by atoms with Crippen LogP contribution in [0, 0.1) is 0 Å². The molecule has 2 heteroatoms. The molecule has 0 radical (unpaired) electrons. The van der Waals surface area contributed by atoms with Crippen LogP contribution in [0.15, 0.2) is 48.1 Å². The number of ketones is 1. The summed E-state index contributed by atoms with van der Waals surface area (Å²) >= 11 is 0. The molecular weight excluding hydrogens is 212 g/mol. The van der Waals surface area contributed by atoms with Gasteiger partial charge in [0, 0.05) is 11.1 Å². The summed E-state index contributed by atoms with van der Waals surface area (Å²) in [5.41, 5.74) is 1.58. The molecule has 1 aliphatic carbocycles. The van der Waals surface area contributed by atoms with Gasteiger partial charge in [-0.05, 0) is 37.1 Å². The number of benzene rings is 1. The summed E-state index contributed by atoms with van der Waals surface area (Å²) in [6.07, 6.45) is 7.52. The van der Waals surface area contributed by atoms with Gasteiger partial charge in [-0.1, -0.05) is 25.2 Å². The van der Waals surface area contributed by atoms with Gasteiger partial charge in [0.05, 0.1) is 6.61 Å². The summed E-state index contributed by atoms with van der Waals surface area (Å²) in [5.74, 6) is 0.930. The lowest BCUT2D eigenvalue weighted by Gasteiger charge is -2.06. The molecule has 17 heavy (non-hydrogen) atoms. The lowest BCUT2D eigenvalue weighted by molar-refractivity contribution is 0.103. The lowest BCUT2D eigenvalue weighted by atomic mass is 10.0. The van der Waals surface area contributed by atoms with E-state index < -0.39 is 0 Å². The molecule has 88 valence electrons. The van der Waals surface area contributed by atoms with Crippen LogP contribution in [0.3, 0.4) is 0 Å². The highest BCUT2D eigenvalue weighted by molar-refractivity contribution is 6.09. The molecule has 0 fully saturated rings. The van der Waals surface area contributed by atoms with Crippen molar-refractivity contribution in [2.45, 2.75) is 19.8 Å². The summed E-state index contributed by atoms with van der Waals surface area (Å²) in [6.45, 7) is 2.78. The van der Waals surface area contributed by atoms with Crippen LogP contribution in [-0.2, 0) is 0 Å². The Bertz CT molecular complexity index is 452. The van der Waals surface area contributed by atoms with Gasteiger partial charge in [0.1, 0.15) is 5.75 Å². The molecule has 2 nitrogen and oxygen atoms in total. The van der Waals surface area contributed by atoms with Crippen LogP contribution in [0.2, 0.25) is 0 Å². The van der Waals surface area contributed by atoms with Gasteiger partial charge in [0.15, 0.2) is 5.78 Å². The monoisotopic (exact) mass is 228 g/mol. The van der Waals surface area contributed by atoms with Crippen molar-refractivity contribution < 1.29 is 9.53 Å². The molecule has 1 aromatic rings. The number of carbonyl (C=O) groups is 1. The van der Waals surface area contributed by atoms with Gasteiger partial charge in [-0.2, -0.15) is 0 Å². The van der Waals surface area contributed by atoms with Crippen molar-refractivity contribution in [1.82, 2.24) is 0 Å². The fourth-order valence-corrected chi connectivity index (χ4v) is 1.72. The van der Waals surface area contributed by atoms with E-state index in [1.165, 1.54) is 0 Å². The molecule has 2 rings (SSSR count). The van der Waals surface area contributed by atoms with Crippen LogP contribution >= 0.6 is 0 Å². The first kappa shape index (κ1) is 11.6. The van der Waals surface area contributed by atoms with E-state index in [4.69, 9.17) is 4.74 Å². The Morgan fingerprint density at radius 2 is 2.06 bits per heavy atom. The second-order valence-corrected chi connectivity index (χ2v) is 4.03. The molecule has 0 heterocycles. The van der Waals surface area contributed by atoms with E-state index in [0.717, 1.165) is 29.7 Å². The lowest BCUT2D eigenvalue weighted by Crippen LogP contribution is -2.02. The van der Waals surface area contributed by atoms with Crippen LogP contribution in [0.5, 0.6) is 5.75 Å². The van der Waals surface area contributed by atoms with Crippen LogP contribution < -0.4 is 4.74 Å². The highest BCUT2D eigenvalue weighted by atomic mass is 16.5. The van der Waals surface area contributed by atoms with Crippen molar-refractivity contribution in [3.8, 4) is 5.75 Å². The minimum absolute atomic E-state index is 0.108. The van der Waals surface area contributed by atoms with Gasteiger partial charge in [-0.15, -0.1) is 0 Å². The Morgan fingerprint density at radius 1 is 1.29 bits per heavy atom. The third kappa shape index (κ3) is 2.84. The zero-order chi connectivity index (χ0) is 12.1. The van der Waals surface area contributed by atoms with E-state index in [1.54, 1.807) is 0 Å². The van der Waals surface area contributed by atoms with Crippen LogP contribution in [0.25, 0.3) is 0 Å². The molecule has 0 saturated carbocycles. The van der Waals surface area contributed by atoms with Crippen molar-refractivity contribution in [3.63, 3.8) is 0 Å². The first-order valence-electron chi connectivity index (χ1n) is 5.94. The van der Waals surface area contributed by atoms with Crippen LogP contribution in [0.1, 0.15) is 30.1 Å². The summed E-state index contributed by atoms with van der Waals surface area (Å²) in [5, 5.41) is 0. The maximum Gasteiger partial charge on any atom is 0.189 e. The molecule has 1 aliphatic rings. The predicted molar refractivity (Wildman–Crippen MR) is 68.4 cm³/mol. The quantitative estimate of drug-likeness (QED) is 0.720. The molecule has 0 saturated heterocycles. The number of ether oxygens (including phenoxy) is 1. The van der Waals surface area contributed by atoms with Gasteiger partial charge in [0.25, 0.3) is 0 Å². The van der Waals surface area contributed by atoms with E-state index in [-0.39, 0.29) is 5.78 Å². The van der Waals surface area contributed by atoms with Crippen LogP contribution in [-0.4, -0.2) is 12.4 Å². The molecular formula is C15H16O2. The summed E-state index contributed by atoms with van der Waals surface area (Å²) < 4.78 is 5.48. The minimum Gasteiger partial charge on any atom is -0.494 e. The Kier molecular flexibility index (Phi) is 3.76. The molecule has 0 N–H and O–H groups in total. The number of carbonyl (C=O) groups excluding carboxylic acids is 1. The molecule has 0 aromatic heterocycles. The average Bonchev–Trinajstić information content (AvgIpc) is 2.90. The SMILES string of the molecule is CCCOc1ccc(C(=O)C2=CC=CC2)cc1. The molecule has 0 spiro atoms. The maximum atomic E-state index is 12.0. The highest BCUT2D eigenvalue weighted by Crippen LogP contribution is 2.19. The minimum atomic E-state index is 0.108. The van der Waals surface area contributed by atoms with Crippen molar-refractivity contribution in [1.29, 1.82) is 0 Å². The number of Topliss-reactive ketones (excluding diaryl/α,β-unsaturated/α-hetero) is 1. The Hall–Kier alpha value is -1.83. The van der Waals surface area contributed by atoms with Gasteiger partial charge in [-0.25, -0.2) is 0 Å². The Morgan fingerprint density at radius 3 is 2.65 bits per heavy atom. The molecule has 1 aromatic carbocycles. The third-order valence-electron chi connectivity index (χ3n) is 2.65. The zero-order valence-electron chi connectivity index (χ0n) is 9.98. The smallest absolute Gasteiger partial charge is 0.189 e. The summed E-state index contributed by atoms with van der Waals surface area (Å²) in [7, 11) is 0. The summed E-state index contributed by atoms with van der Waals surface area (Å²) in [4.78, 5) is 12.0. The predicted octanol–water partition coefficient (Wildman–Crippen LogP) is 3.54. The Labute approximate surface area is 102 Å². The number of hydrogen-bond donors (Lipinski definition) is 0. The molecule has 0 atom stereocenters. The van der Waals surface area contributed by atoms with Crippen molar-refractivity contribution in [3.05, 3.63) is 53.6 Å². The Balaban J connectivity index is 2.04. The standard InChI is InChI=1S/C15H16O2/c1-2-11-17-14-9-7-13(8-10-14)15(16)12-5-3-4-6-12/h3-5,7-10H,2,6,11H2,1H3. The second-order valence-electron chi connectivity index (χ2n) is 4.03. The van der Waals surface area contributed by atoms with E-state index in [2.05, 4.69) is 6.92 Å². The van der Waals surface area contributed by atoms with Gasteiger partial charge < -0.3 is 4.74 Å². The average molecular weight is 228 g/mol. The summed E-state index contributed by atoms with van der Waals surface area (Å²) in [6, 6.07) is 7.36. The number of hydrogen-bond acceptors (Lipinski definition) is 2. The molecule has 0 bridgehead atoms. The van der Waals surface area contributed by atoms with Crippen molar-refractivity contribution in [2.24, 2.45) is 0 Å². The molecule has 0 unspecified atom stereocenters. The number of rotatable bonds is 5. The highest BCUT2D eigenvalue weighted by Gasteiger charge is 2.12. The van der Waals surface area contributed by atoms with E-state index in [0.29, 0.717) is 6.61 Å². The fourth-order valence-electron chi connectivity index (χ4n) is 1.72. The molecule has 0 aliphatic heterocycles. The van der Waals surface area contributed by atoms with E-state index >= 15 is 0 Å². The maximum absolute atomic E-state index is 12.0. The van der Waals surface area contributed by atoms with E-state index in [9.17, 15) is 4.79 Å². The fraction of sp³-hybridized carbons (Fsp3) is 0.267. The van der Waals surface area contributed by atoms with Gasteiger partial charge in [-0.3, -0.25) is 4.79 Å². The first-order valence-corrected chi connectivity index (χ1v) is 5.94. The molecule has 0 amide bonds. The van der Waals surface area contributed by atoms with Gasteiger partial charge >= 0.3 is 0 Å². The van der Waals surface area contributed by atoms with Gasteiger partial charge in [0.2, 0.25) is 0 Å². The van der Waals surface area contributed by atoms with Crippen molar-refractivity contribution >= 4 is 5.78 Å². The second kappa shape index (κ2) is 5.48. The number of allylic oxidation sites excluding steroid dienone is 4. The zero-order valence-corrected chi connectivity index (χ0v) is 9.98. The van der Waals surface area contributed by atoms with Crippen molar-refractivity contribution in [2.75, 3.05) is 6.61 Å². The first-order chi connectivity index (χ1) is 8.31.